The van der Waals surface area contributed by atoms with Crippen LogP contribution in [0.3, 0.4) is 0 Å². The number of nitrogens with zero attached hydrogens (tertiary/aromatic N) is 7. The van der Waals surface area contributed by atoms with Crippen molar-refractivity contribution in [3.05, 3.63) is 78.4 Å². The molecule has 4 aromatic rings. The molecule has 4 N–H and O–H groups in total. The third-order valence-electron chi connectivity index (χ3n) is 8.96. The normalized spacial score (nSPS) is 18.8. The number of amides is 2. The molecule has 46 heavy (non-hydrogen) atoms. The molecular formula is C34H40N10O2. The molecule has 0 aliphatic heterocycles. The van der Waals surface area contributed by atoms with Gasteiger partial charge in [0.25, 0.3) is 0 Å². The highest BCUT2D eigenvalue weighted by Crippen LogP contribution is 2.31. The molecule has 2 aliphatic carbocycles. The van der Waals surface area contributed by atoms with E-state index in [4.69, 9.17) is 4.98 Å². The zero-order chi connectivity index (χ0) is 31.9. The molecule has 0 atom stereocenters. The van der Waals surface area contributed by atoms with Crippen LogP contribution in [0.4, 0.5) is 22.4 Å². The summed E-state index contributed by atoms with van der Waals surface area (Å²) >= 11 is 0. The minimum atomic E-state index is -0.767. The van der Waals surface area contributed by atoms with Crippen LogP contribution in [0.2, 0.25) is 0 Å². The molecule has 0 unspecified atom stereocenters. The summed E-state index contributed by atoms with van der Waals surface area (Å²) in [4.78, 5) is 29.2. The Kier molecular flexibility index (Phi) is 9.40. The quantitative estimate of drug-likeness (QED) is 0.192. The van der Waals surface area contributed by atoms with Crippen LogP contribution in [-0.4, -0.2) is 60.1 Å². The maximum absolute atomic E-state index is 13.7. The lowest BCUT2D eigenvalue weighted by Crippen LogP contribution is -2.49. The van der Waals surface area contributed by atoms with Crippen molar-refractivity contribution in [2.45, 2.75) is 75.6 Å². The fraction of sp³-hybridized carbons (Fsp3) is 0.412. The molecule has 12 nitrogen and oxygen atoms in total. The molecular weight excluding hydrogens is 580 g/mol. The highest BCUT2D eigenvalue weighted by atomic mass is 16.3. The molecule has 3 heterocycles. The van der Waals surface area contributed by atoms with Gasteiger partial charge in [-0.05, 0) is 56.2 Å². The van der Waals surface area contributed by atoms with Crippen molar-refractivity contribution in [3.63, 3.8) is 0 Å². The second-order valence-electron chi connectivity index (χ2n) is 12.3. The summed E-state index contributed by atoms with van der Waals surface area (Å²) in [6, 6.07) is 15.8. The Morgan fingerprint density at radius 1 is 1.04 bits per heavy atom. The highest BCUT2D eigenvalue weighted by molar-refractivity contribution is 5.91. The van der Waals surface area contributed by atoms with Crippen molar-refractivity contribution in [1.29, 1.82) is 5.26 Å². The number of aliphatic hydroxyl groups is 1. The van der Waals surface area contributed by atoms with Crippen molar-refractivity contribution in [2.24, 2.45) is 7.05 Å². The molecule has 0 radical (unpaired) electrons. The second kappa shape index (κ2) is 14.0. The van der Waals surface area contributed by atoms with Gasteiger partial charge in [-0.15, -0.1) is 0 Å². The van der Waals surface area contributed by atoms with Crippen molar-refractivity contribution >= 4 is 23.6 Å². The Morgan fingerprint density at radius 3 is 2.50 bits per heavy atom. The molecule has 238 valence electrons. The first-order valence-corrected chi connectivity index (χ1v) is 16.0. The number of anilines is 3. The van der Waals surface area contributed by atoms with E-state index in [-0.39, 0.29) is 18.1 Å². The van der Waals surface area contributed by atoms with E-state index in [1.54, 1.807) is 22.0 Å². The summed E-state index contributed by atoms with van der Waals surface area (Å²) in [5.41, 5.74) is 2.50. The van der Waals surface area contributed by atoms with Crippen LogP contribution >= 0.6 is 0 Å². The first kappa shape index (κ1) is 31.0. The molecule has 1 aromatic carbocycles. The van der Waals surface area contributed by atoms with Gasteiger partial charge in [0, 0.05) is 55.7 Å². The van der Waals surface area contributed by atoms with E-state index >= 15 is 0 Å². The van der Waals surface area contributed by atoms with Crippen molar-refractivity contribution < 1.29 is 9.90 Å². The fourth-order valence-corrected chi connectivity index (χ4v) is 6.37. The number of carbonyl (C=O) groups excluding carboxylic acids is 1. The van der Waals surface area contributed by atoms with Gasteiger partial charge in [0.1, 0.15) is 23.3 Å². The average molecular weight is 621 g/mol. The molecule has 6 rings (SSSR count). The number of carbonyl (C=O) groups is 1. The lowest BCUT2D eigenvalue weighted by molar-refractivity contribution is 0.0614. The summed E-state index contributed by atoms with van der Waals surface area (Å²) < 4.78 is 1.75. The maximum atomic E-state index is 13.7. The third kappa shape index (κ3) is 7.43. The van der Waals surface area contributed by atoms with Gasteiger partial charge in [0.15, 0.2) is 0 Å². The van der Waals surface area contributed by atoms with Gasteiger partial charge in [-0.2, -0.15) is 15.3 Å². The van der Waals surface area contributed by atoms with Crippen molar-refractivity contribution in [2.75, 3.05) is 22.1 Å². The number of benzene rings is 1. The van der Waals surface area contributed by atoms with Gasteiger partial charge in [-0.1, -0.05) is 43.2 Å². The Hall–Kier alpha value is -5.02. The van der Waals surface area contributed by atoms with Crippen LogP contribution in [-0.2, 0) is 13.6 Å². The number of aryl methyl sites for hydroxylation is 1. The van der Waals surface area contributed by atoms with Crippen molar-refractivity contribution in [3.8, 4) is 17.2 Å². The molecule has 0 saturated heterocycles. The van der Waals surface area contributed by atoms with Gasteiger partial charge < -0.3 is 21.1 Å². The van der Waals surface area contributed by atoms with Gasteiger partial charge in [-0.3, -0.25) is 9.58 Å². The predicted octanol–water partition coefficient (Wildman–Crippen LogP) is 5.00. The third-order valence-corrected chi connectivity index (χ3v) is 8.96. The van der Waals surface area contributed by atoms with E-state index in [0.717, 1.165) is 68.1 Å². The lowest BCUT2D eigenvalue weighted by atomic mass is 9.90. The SMILES string of the molecule is Cn1cc(-c2ccc(N(C(=O)NCc3ccccc3)[C@H]3CC[C@H](Nc4ncc(C#N)c(NCC5(O)CCCC5)n4)CC3)nc2)cn1. The minimum absolute atomic E-state index is 0.0446. The van der Waals surface area contributed by atoms with E-state index in [0.29, 0.717) is 36.2 Å². The molecule has 2 saturated carbocycles. The second-order valence-corrected chi connectivity index (χ2v) is 12.3. The van der Waals surface area contributed by atoms with Crippen LogP contribution in [0.5, 0.6) is 0 Å². The van der Waals surface area contributed by atoms with E-state index in [9.17, 15) is 15.2 Å². The summed E-state index contributed by atoms with van der Waals surface area (Å²) in [6.07, 6.45) is 13.6. The average Bonchev–Trinajstić information content (AvgIpc) is 3.73. The molecule has 0 spiro atoms. The summed E-state index contributed by atoms with van der Waals surface area (Å²) in [5, 5.41) is 34.3. The van der Waals surface area contributed by atoms with E-state index in [1.807, 2.05) is 55.7 Å². The van der Waals surface area contributed by atoms with Crippen LogP contribution in [0, 0.1) is 11.3 Å². The number of hydrogen-bond acceptors (Lipinski definition) is 9. The Morgan fingerprint density at radius 2 is 1.83 bits per heavy atom. The predicted molar refractivity (Wildman–Crippen MR) is 176 cm³/mol. The molecule has 2 aliphatic rings. The Bertz CT molecular complexity index is 1650. The number of urea groups is 1. The first-order chi connectivity index (χ1) is 22.4. The van der Waals surface area contributed by atoms with Gasteiger partial charge in [-0.25, -0.2) is 14.8 Å². The van der Waals surface area contributed by atoms with Gasteiger partial charge in [0.05, 0.1) is 18.0 Å². The summed E-state index contributed by atoms with van der Waals surface area (Å²) in [7, 11) is 1.88. The van der Waals surface area contributed by atoms with E-state index < -0.39 is 5.60 Å². The van der Waals surface area contributed by atoms with E-state index in [1.165, 1.54) is 6.20 Å². The fourth-order valence-electron chi connectivity index (χ4n) is 6.37. The maximum Gasteiger partial charge on any atom is 0.323 e. The number of aromatic nitrogens is 5. The Labute approximate surface area is 268 Å². The number of pyridine rings is 1. The van der Waals surface area contributed by atoms with Crippen molar-refractivity contribution in [1.82, 2.24) is 30.0 Å². The Balaban J connectivity index is 1.12. The molecule has 0 bridgehead atoms. The zero-order valence-corrected chi connectivity index (χ0v) is 26.1. The largest absolute Gasteiger partial charge is 0.388 e. The van der Waals surface area contributed by atoms with Gasteiger partial charge in [0.2, 0.25) is 5.95 Å². The summed E-state index contributed by atoms with van der Waals surface area (Å²) in [6.45, 7) is 0.771. The van der Waals surface area contributed by atoms with Crippen LogP contribution in [0.1, 0.15) is 62.5 Å². The van der Waals surface area contributed by atoms with Crippen LogP contribution < -0.4 is 20.9 Å². The van der Waals surface area contributed by atoms with Crippen LogP contribution in [0.15, 0.2) is 67.3 Å². The monoisotopic (exact) mass is 620 g/mol. The van der Waals surface area contributed by atoms with Gasteiger partial charge >= 0.3 is 6.03 Å². The smallest absolute Gasteiger partial charge is 0.323 e. The minimum Gasteiger partial charge on any atom is -0.388 e. The zero-order valence-electron chi connectivity index (χ0n) is 26.1. The van der Waals surface area contributed by atoms with Crippen LogP contribution in [0.25, 0.3) is 11.1 Å². The number of nitriles is 1. The molecule has 2 fully saturated rings. The standard InChI is InChI=1S/C34H40N10O2/c1-43-22-27(21-40-43)25-9-14-30(36-19-25)44(33(45)38-18-24-7-3-2-4-8-24)29-12-10-28(11-13-29)41-32-37-20-26(17-35)31(42-32)39-23-34(46)15-5-6-16-34/h2-4,7-9,14,19-22,28-29,46H,5-6,10-13,15-16,18,23H2,1H3,(H,38,45)(H2,37,39,41,42)/t28-,29-. The molecule has 12 heteroatoms. The van der Waals surface area contributed by atoms with E-state index in [2.05, 4.69) is 37.1 Å². The molecule has 3 aromatic heterocycles. The molecule has 2 amide bonds. The number of rotatable bonds is 10. The number of nitrogens with one attached hydrogen (secondary N) is 3. The topological polar surface area (TPSA) is 157 Å². The number of hydrogen-bond donors (Lipinski definition) is 4. The first-order valence-electron chi connectivity index (χ1n) is 16.0. The summed E-state index contributed by atoms with van der Waals surface area (Å²) in [5.74, 6) is 1.47. The highest BCUT2D eigenvalue weighted by Gasteiger charge is 2.32. The lowest BCUT2D eigenvalue weighted by Gasteiger charge is -2.36.